The zero-order valence-corrected chi connectivity index (χ0v) is 17.0. The second-order valence-corrected chi connectivity index (χ2v) is 8.38. The Morgan fingerprint density at radius 1 is 1.23 bits per heavy atom. The van der Waals surface area contributed by atoms with E-state index in [4.69, 9.17) is 5.73 Å². The number of halogens is 1. The van der Waals surface area contributed by atoms with E-state index in [1.54, 1.807) is 32.0 Å². The van der Waals surface area contributed by atoms with Gasteiger partial charge in [0.1, 0.15) is 0 Å². The number of rotatable bonds is 4. The predicted octanol–water partition coefficient (Wildman–Crippen LogP) is 2.59. The van der Waals surface area contributed by atoms with Gasteiger partial charge < -0.3 is 16.4 Å². The van der Waals surface area contributed by atoms with Crippen molar-refractivity contribution >= 4 is 29.3 Å². The zero-order valence-electron chi connectivity index (χ0n) is 17.0. The number of carbonyl (C=O) groups is 2. The molecule has 1 aliphatic heterocycles. The lowest BCUT2D eigenvalue weighted by atomic mass is 9.78. The molecule has 4 rings (SSSR count). The number of nitrogens with one attached hydrogen (secondary N) is 3. The summed E-state index contributed by atoms with van der Waals surface area (Å²) in [6, 6.07) is 5.04. The van der Waals surface area contributed by atoms with E-state index in [-0.39, 0.29) is 23.8 Å². The molecule has 0 spiro atoms. The molecule has 1 saturated carbocycles. The molecular weight excluding hydrogens is 387 g/mol. The molecule has 1 fully saturated rings. The quantitative estimate of drug-likeness (QED) is 0.569. The number of hydrogen-bond donors (Lipinski definition) is 4. The van der Waals surface area contributed by atoms with E-state index < -0.39 is 17.1 Å². The smallest absolute Gasteiger partial charge is 0.258 e. The van der Waals surface area contributed by atoms with Crippen molar-refractivity contribution in [1.82, 2.24) is 15.3 Å². The summed E-state index contributed by atoms with van der Waals surface area (Å²) >= 11 is 0. The van der Waals surface area contributed by atoms with Gasteiger partial charge in [-0.3, -0.25) is 14.9 Å². The molecule has 30 heavy (non-hydrogen) atoms. The van der Waals surface area contributed by atoms with Gasteiger partial charge in [-0.15, -0.1) is 0 Å². The molecule has 1 aliphatic carbocycles. The lowest BCUT2D eigenvalue weighted by molar-refractivity contribution is -0.125. The largest absolute Gasteiger partial charge is 0.350 e. The van der Waals surface area contributed by atoms with Gasteiger partial charge in [-0.2, -0.15) is 4.98 Å². The third-order valence-electron chi connectivity index (χ3n) is 5.87. The number of carbonyl (C=O) groups excluding carboxylic acids is 2. The first kappa shape index (κ1) is 20.2. The zero-order chi connectivity index (χ0) is 21.5. The maximum Gasteiger partial charge on any atom is 0.258 e. The van der Waals surface area contributed by atoms with Crippen molar-refractivity contribution in [2.75, 3.05) is 10.6 Å². The molecule has 5 N–H and O–H groups in total. The van der Waals surface area contributed by atoms with Crippen LogP contribution in [0.5, 0.6) is 0 Å². The topological polar surface area (TPSA) is 122 Å². The highest BCUT2D eigenvalue weighted by Gasteiger charge is 2.39. The van der Waals surface area contributed by atoms with Crippen molar-refractivity contribution in [3.63, 3.8) is 0 Å². The number of imide groups is 1. The number of amides is 2. The summed E-state index contributed by atoms with van der Waals surface area (Å²) in [5.74, 6) is -1.16. The second kappa shape index (κ2) is 7.64. The number of nitrogens with zero attached hydrogens (tertiary/aromatic N) is 2. The molecule has 2 unspecified atom stereocenters. The summed E-state index contributed by atoms with van der Waals surface area (Å²) in [4.78, 5) is 32.7. The fraction of sp³-hybridized carbons (Fsp3) is 0.429. The number of nitrogens with two attached hydrogens (primary N) is 1. The Kier molecular flexibility index (Phi) is 5.15. The van der Waals surface area contributed by atoms with Gasteiger partial charge in [-0.25, -0.2) is 9.37 Å². The van der Waals surface area contributed by atoms with Crippen LogP contribution < -0.4 is 21.7 Å². The van der Waals surface area contributed by atoms with Gasteiger partial charge >= 0.3 is 0 Å². The number of hydrogen-bond acceptors (Lipinski definition) is 7. The molecule has 0 radical (unpaired) electrons. The van der Waals surface area contributed by atoms with E-state index in [0.29, 0.717) is 22.8 Å². The number of aromatic nitrogens is 2. The molecule has 8 nitrogen and oxygen atoms in total. The Morgan fingerprint density at radius 2 is 2.00 bits per heavy atom. The predicted molar refractivity (Wildman–Crippen MR) is 111 cm³/mol. The first-order valence-electron chi connectivity index (χ1n) is 10.1. The molecule has 2 aliphatic rings. The number of fused-ring (bicyclic) bond motifs is 1. The second-order valence-electron chi connectivity index (χ2n) is 8.38. The third-order valence-corrected chi connectivity index (χ3v) is 5.87. The Bertz CT molecular complexity index is 1010. The van der Waals surface area contributed by atoms with Gasteiger partial charge in [0.15, 0.2) is 11.6 Å². The molecule has 2 atom stereocenters. The average Bonchev–Trinajstić information content (AvgIpc) is 2.71. The normalized spacial score (nSPS) is 22.8. The van der Waals surface area contributed by atoms with Crippen LogP contribution in [-0.4, -0.2) is 33.9 Å². The fourth-order valence-corrected chi connectivity index (χ4v) is 3.97. The molecule has 158 valence electrons. The fourth-order valence-electron chi connectivity index (χ4n) is 3.97. The third kappa shape index (κ3) is 3.72. The van der Waals surface area contributed by atoms with E-state index >= 15 is 0 Å². The van der Waals surface area contributed by atoms with Crippen LogP contribution in [0.2, 0.25) is 0 Å². The van der Waals surface area contributed by atoms with Crippen molar-refractivity contribution < 1.29 is 14.0 Å². The monoisotopic (exact) mass is 412 g/mol. The van der Waals surface area contributed by atoms with Crippen molar-refractivity contribution in [3.8, 4) is 0 Å². The van der Waals surface area contributed by atoms with Crippen LogP contribution in [0.1, 0.15) is 55.5 Å². The number of benzene rings is 1. The van der Waals surface area contributed by atoms with Crippen LogP contribution in [0, 0.1) is 5.82 Å². The highest BCUT2D eigenvalue weighted by Crippen LogP contribution is 2.33. The van der Waals surface area contributed by atoms with Crippen LogP contribution in [0.25, 0.3) is 0 Å². The van der Waals surface area contributed by atoms with Crippen molar-refractivity contribution in [2.45, 2.75) is 57.0 Å². The molecule has 0 saturated heterocycles. The van der Waals surface area contributed by atoms with E-state index in [0.717, 1.165) is 31.9 Å². The Balaban J connectivity index is 1.58. The van der Waals surface area contributed by atoms with Crippen LogP contribution in [-0.2, 0) is 10.2 Å². The Hall–Kier alpha value is -3.07. The van der Waals surface area contributed by atoms with Crippen molar-refractivity contribution in [1.29, 1.82) is 0 Å². The summed E-state index contributed by atoms with van der Waals surface area (Å²) in [6.45, 7) is 3.50. The maximum atomic E-state index is 14.3. The summed E-state index contributed by atoms with van der Waals surface area (Å²) in [5.41, 5.74) is 6.79. The van der Waals surface area contributed by atoms with Gasteiger partial charge in [-0.1, -0.05) is 18.9 Å². The standard InChI is InChI=1S/C21H25FN6O2/c1-21(2)13-8-7-11(9-12(13)18(29)28-19(21)30)25-17-14(22)10-24-20(27-17)26-16-6-4-3-5-15(16)23/h7-10,15-16H,3-6,23H2,1-2H3,(H,28,29,30)(H2,24,25,26,27). The van der Waals surface area contributed by atoms with Crippen molar-refractivity contribution in [3.05, 3.63) is 41.3 Å². The van der Waals surface area contributed by atoms with Gasteiger partial charge in [0.2, 0.25) is 11.9 Å². The minimum atomic E-state index is -0.836. The highest BCUT2D eigenvalue weighted by atomic mass is 19.1. The molecule has 0 bridgehead atoms. The van der Waals surface area contributed by atoms with E-state index in [2.05, 4.69) is 25.9 Å². The Morgan fingerprint density at radius 3 is 2.77 bits per heavy atom. The maximum absolute atomic E-state index is 14.3. The summed E-state index contributed by atoms with van der Waals surface area (Å²) in [7, 11) is 0. The highest BCUT2D eigenvalue weighted by molar-refractivity contribution is 6.13. The first-order valence-corrected chi connectivity index (χ1v) is 10.1. The van der Waals surface area contributed by atoms with Crippen molar-refractivity contribution in [2.24, 2.45) is 5.73 Å². The van der Waals surface area contributed by atoms with Crippen LogP contribution >= 0.6 is 0 Å². The van der Waals surface area contributed by atoms with Crippen LogP contribution in [0.4, 0.5) is 21.8 Å². The number of anilines is 3. The Labute approximate surface area is 173 Å². The molecule has 1 aromatic heterocycles. The van der Waals surface area contributed by atoms with Gasteiger partial charge in [0.25, 0.3) is 5.91 Å². The minimum absolute atomic E-state index is 0.00837. The minimum Gasteiger partial charge on any atom is -0.350 e. The summed E-state index contributed by atoms with van der Waals surface area (Å²) in [5, 5.41) is 8.47. The van der Waals surface area contributed by atoms with E-state index in [1.165, 1.54) is 0 Å². The summed E-state index contributed by atoms with van der Waals surface area (Å²) in [6.07, 6.45) is 5.12. The molecule has 2 heterocycles. The van der Waals surface area contributed by atoms with Crippen LogP contribution in [0.3, 0.4) is 0 Å². The van der Waals surface area contributed by atoms with Gasteiger partial charge in [0, 0.05) is 23.3 Å². The lowest BCUT2D eigenvalue weighted by Gasteiger charge is -2.30. The van der Waals surface area contributed by atoms with E-state index in [1.807, 2.05) is 0 Å². The molecular formula is C21H25FN6O2. The molecule has 1 aromatic carbocycles. The van der Waals surface area contributed by atoms with E-state index in [9.17, 15) is 14.0 Å². The SMILES string of the molecule is CC1(C)C(=O)NC(=O)c2cc(Nc3nc(NC4CCCCC4N)ncc3F)ccc21. The van der Waals surface area contributed by atoms with Crippen LogP contribution in [0.15, 0.2) is 24.4 Å². The lowest BCUT2D eigenvalue weighted by Crippen LogP contribution is -2.48. The van der Waals surface area contributed by atoms with Gasteiger partial charge in [0.05, 0.1) is 11.6 Å². The first-order chi connectivity index (χ1) is 14.3. The average molecular weight is 412 g/mol. The molecule has 9 heteroatoms. The van der Waals surface area contributed by atoms with Gasteiger partial charge in [-0.05, 0) is 44.4 Å². The molecule has 2 amide bonds. The molecule has 2 aromatic rings. The summed E-state index contributed by atoms with van der Waals surface area (Å²) < 4.78 is 14.3.